The molecular formula is C13H15N3O5. The summed E-state index contributed by atoms with van der Waals surface area (Å²) in [5.41, 5.74) is 0.447. The number of hydrogen-bond acceptors (Lipinski definition) is 5. The highest BCUT2D eigenvalue weighted by atomic mass is 16.6. The van der Waals surface area contributed by atoms with Crippen LogP contribution in [0.3, 0.4) is 0 Å². The van der Waals surface area contributed by atoms with Gasteiger partial charge in [0, 0.05) is 26.0 Å². The number of amides is 3. The minimum Gasteiger partial charge on any atom is -0.349 e. The van der Waals surface area contributed by atoms with Crippen LogP contribution in [0.5, 0.6) is 0 Å². The van der Waals surface area contributed by atoms with Crippen LogP contribution in [0.25, 0.3) is 0 Å². The van der Waals surface area contributed by atoms with Crippen molar-refractivity contribution in [3.05, 3.63) is 39.9 Å². The number of nitro groups is 1. The monoisotopic (exact) mass is 293 g/mol. The van der Waals surface area contributed by atoms with E-state index in [1.807, 2.05) is 0 Å². The van der Waals surface area contributed by atoms with E-state index in [0.717, 1.165) is 0 Å². The number of nitrogens with one attached hydrogen (secondary N) is 2. The molecule has 1 aromatic rings. The summed E-state index contributed by atoms with van der Waals surface area (Å²) in [6.45, 7) is 2.50. The first-order chi connectivity index (χ1) is 9.79. The van der Waals surface area contributed by atoms with Crippen molar-refractivity contribution in [1.82, 2.24) is 10.6 Å². The molecule has 1 aromatic carbocycles. The summed E-state index contributed by atoms with van der Waals surface area (Å²) in [6.07, 6.45) is -0.142. The van der Waals surface area contributed by atoms with Gasteiger partial charge in [0.25, 0.3) is 5.69 Å². The molecule has 0 aliphatic carbocycles. The molecule has 1 unspecified atom stereocenters. The molecular weight excluding hydrogens is 278 g/mol. The average molecular weight is 293 g/mol. The van der Waals surface area contributed by atoms with Crippen LogP contribution < -0.4 is 10.6 Å². The third-order valence-corrected chi connectivity index (χ3v) is 2.59. The van der Waals surface area contributed by atoms with E-state index >= 15 is 0 Å². The lowest BCUT2D eigenvalue weighted by Crippen LogP contribution is -2.34. The highest BCUT2D eigenvalue weighted by molar-refractivity contribution is 5.94. The molecule has 1 atom stereocenters. The molecule has 0 saturated heterocycles. The maximum Gasteiger partial charge on any atom is 0.269 e. The number of carbonyl (C=O) groups excluding carboxylic acids is 3. The molecule has 0 spiro atoms. The van der Waals surface area contributed by atoms with Crippen LogP contribution in [0.15, 0.2) is 24.3 Å². The smallest absolute Gasteiger partial charge is 0.269 e. The molecule has 0 aliphatic heterocycles. The van der Waals surface area contributed by atoms with Crippen LogP contribution in [-0.2, 0) is 14.4 Å². The lowest BCUT2D eigenvalue weighted by atomic mass is 10.0. The van der Waals surface area contributed by atoms with E-state index in [1.54, 1.807) is 0 Å². The van der Waals surface area contributed by atoms with Crippen molar-refractivity contribution in [2.75, 3.05) is 0 Å². The molecule has 8 nitrogen and oxygen atoms in total. The van der Waals surface area contributed by atoms with Gasteiger partial charge < -0.3 is 5.32 Å². The first-order valence-corrected chi connectivity index (χ1v) is 6.11. The first kappa shape index (κ1) is 16.3. The lowest BCUT2D eigenvalue weighted by molar-refractivity contribution is -0.384. The van der Waals surface area contributed by atoms with E-state index in [0.29, 0.717) is 5.56 Å². The summed E-state index contributed by atoms with van der Waals surface area (Å²) in [5, 5.41) is 15.3. The van der Waals surface area contributed by atoms with Crippen LogP contribution in [0.2, 0.25) is 0 Å². The molecule has 0 bridgehead atoms. The number of non-ortho nitro benzene ring substituents is 1. The van der Waals surface area contributed by atoms with E-state index in [2.05, 4.69) is 10.6 Å². The molecule has 3 amide bonds. The van der Waals surface area contributed by atoms with Crippen molar-refractivity contribution >= 4 is 23.4 Å². The van der Waals surface area contributed by atoms with E-state index in [4.69, 9.17) is 0 Å². The molecule has 0 fully saturated rings. The van der Waals surface area contributed by atoms with E-state index in [9.17, 15) is 24.5 Å². The molecule has 0 aliphatic rings. The summed E-state index contributed by atoms with van der Waals surface area (Å²) < 4.78 is 0. The van der Waals surface area contributed by atoms with Crippen molar-refractivity contribution in [2.45, 2.75) is 26.3 Å². The Morgan fingerprint density at radius 3 is 2.14 bits per heavy atom. The van der Waals surface area contributed by atoms with Crippen LogP contribution in [0.4, 0.5) is 5.69 Å². The Balaban J connectivity index is 2.90. The maximum atomic E-state index is 11.6. The van der Waals surface area contributed by atoms with E-state index in [1.165, 1.54) is 38.1 Å². The van der Waals surface area contributed by atoms with Crippen molar-refractivity contribution in [3.8, 4) is 0 Å². The Morgan fingerprint density at radius 1 is 1.14 bits per heavy atom. The van der Waals surface area contributed by atoms with E-state index in [-0.39, 0.29) is 18.0 Å². The maximum absolute atomic E-state index is 11.6. The molecule has 2 N–H and O–H groups in total. The van der Waals surface area contributed by atoms with Gasteiger partial charge in [0.1, 0.15) is 0 Å². The Kier molecular flexibility index (Phi) is 5.53. The number of nitro benzene ring substituents is 1. The number of hydrogen-bond donors (Lipinski definition) is 2. The largest absolute Gasteiger partial charge is 0.349 e. The Bertz CT molecular complexity index is 568. The van der Waals surface area contributed by atoms with Crippen molar-refractivity contribution in [1.29, 1.82) is 0 Å². The summed E-state index contributed by atoms with van der Waals surface area (Å²) in [6, 6.07) is 4.82. The second kappa shape index (κ2) is 7.13. The number of carbonyl (C=O) groups is 3. The highest BCUT2D eigenvalue weighted by Crippen LogP contribution is 2.20. The number of imide groups is 1. The van der Waals surface area contributed by atoms with Gasteiger partial charge in [-0.25, -0.2) is 0 Å². The van der Waals surface area contributed by atoms with Crippen LogP contribution in [0.1, 0.15) is 31.9 Å². The number of benzene rings is 1. The zero-order valence-electron chi connectivity index (χ0n) is 11.6. The molecule has 1 rings (SSSR count). The molecule has 0 heterocycles. The fourth-order valence-corrected chi connectivity index (χ4v) is 1.76. The molecule has 21 heavy (non-hydrogen) atoms. The summed E-state index contributed by atoms with van der Waals surface area (Å²) >= 11 is 0. The predicted molar refractivity (Wildman–Crippen MR) is 73.1 cm³/mol. The standard InChI is InChI=1S/C13H15N3O5/c1-8(17)14-12(7-13(19)15-9(2)18)10-3-5-11(6-4-10)16(20)21/h3-6,12H,7H2,1-2H3,(H,14,17)(H,15,18,19). The SMILES string of the molecule is CC(=O)NC(=O)CC(NC(C)=O)c1ccc([N+](=O)[O-])cc1. The Labute approximate surface area is 120 Å². The average Bonchev–Trinajstić information content (AvgIpc) is 2.36. The Hall–Kier alpha value is -2.77. The minimum absolute atomic E-state index is 0.0893. The minimum atomic E-state index is -0.664. The normalized spacial score (nSPS) is 11.3. The van der Waals surface area contributed by atoms with Gasteiger partial charge in [-0.3, -0.25) is 29.8 Å². The van der Waals surface area contributed by atoms with Gasteiger partial charge >= 0.3 is 0 Å². The topological polar surface area (TPSA) is 118 Å². The van der Waals surface area contributed by atoms with Gasteiger partial charge in [0.15, 0.2) is 0 Å². The highest BCUT2D eigenvalue weighted by Gasteiger charge is 2.18. The van der Waals surface area contributed by atoms with Gasteiger partial charge in [0.2, 0.25) is 17.7 Å². The van der Waals surface area contributed by atoms with Gasteiger partial charge in [0.05, 0.1) is 17.4 Å². The van der Waals surface area contributed by atoms with Crippen molar-refractivity contribution in [2.24, 2.45) is 0 Å². The fourth-order valence-electron chi connectivity index (χ4n) is 1.76. The van der Waals surface area contributed by atoms with Gasteiger partial charge in [-0.1, -0.05) is 12.1 Å². The van der Waals surface area contributed by atoms with Gasteiger partial charge in [-0.15, -0.1) is 0 Å². The first-order valence-electron chi connectivity index (χ1n) is 6.11. The third kappa shape index (κ3) is 5.39. The van der Waals surface area contributed by atoms with Crippen LogP contribution >= 0.6 is 0 Å². The second-order valence-electron chi connectivity index (χ2n) is 4.41. The van der Waals surface area contributed by atoms with Crippen molar-refractivity contribution in [3.63, 3.8) is 0 Å². The molecule has 8 heteroatoms. The van der Waals surface area contributed by atoms with Crippen molar-refractivity contribution < 1.29 is 19.3 Å². The molecule has 0 saturated carbocycles. The third-order valence-electron chi connectivity index (χ3n) is 2.59. The summed E-state index contributed by atoms with van der Waals surface area (Å²) in [5.74, 6) is -1.39. The molecule has 0 aromatic heterocycles. The zero-order chi connectivity index (χ0) is 16.0. The summed E-state index contributed by atoms with van der Waals surface area (Å²) in [7, 11) is 0. The second-order valence-corrected chi connectivity index (χ2v) is 4.41. The van der Waals surface area contributed by atoms with Gasteiger partial charge in [-0.05, 0) is 5.56 Å². The lowest BCUT2D eigenvalue weighted by Gasteiger charge is -2.17. The van der Waals surface area contributed by atoms with E-state index < -0.39 is 22.8 Å². The Morgan fingerprint density at radius 2 is 1.71 bits per heavy atom. The quantitative estimate of drug-likeness (QED) is 0.615. The molecule has 112 valence electrons. The predicted octanol–water partition coefficient (Wildman–Crippen LogP) is 0.825. The zero-order valence-corrected chi connectivity index (χ0v) is 11.6. The molecule has 0 radical (unpaired) electrons. The van der Waals surface area contributed by atoms with Crippen LogP contribution in [0, 0.1) is 10.1 Å². The number of nitrogens with zero attached hydrogens (tertiary/aromatic N) is 1. The van der Waals surface area contributed by atoms with Gasteiger partial charge in [-0.2, -0.15) is 0 Å². The van der Waals surface area contributed by atoms with Crippen LogP contribution in [-0.4, -0.2) is 22.6 Å². The number of rotatable bonds is 5. The fraction of sp³-hybridized carbons (Fsp3) is 0.308. The summed E-state index contributed by atoms with van der Waals surface area (Å²) in [4.78, 5) is 43.7.